The van der Waals surface area contributed by atoms with Crippen molar-refractivity contribution in [1.82, 2.24) is 9.80 Å². The van der Waals surface area contributed by atoms with Gasteiger partial charge < -0.3 is 24.2 Å². The molecule has 0 bridgehead atoms. The van der Waals surface area contributed by atoms with Crippen LogP contribution in [-0.4, -0.2) is 66.9 Å². The molecule has 8 heteroatoms. The van der Waals surface area contributed by atoms with Gasteiger partial charge in [0.25, 0.3) is 0 Å². The molecule has 1 amide bonds. The first-order valence-electron chi connectivity index (χ1n) is 13.7. The second kappa shape index (κ2) is 13.0. The lowest BCUT2D eigenvalue weighted by molar-refractivity contribution is -0.143. The summed E-state index contributed by atoms with van der Waals surface area (Å²) in [5.74, 6) is 0.371. The third kappa shape index (κ3) is 6.23. The fraction of sp³-hybridized carbons (Fsp3) is 0.533. The Labute approximate surface area is 225 Å². The molecule has 3 atom stereocenters. The van der Waals surface area contributed by atoms with E-state index < -0.39 is 11.9 Å². The van der Waals surface area contributed by atoms with Crippen LogP contribution in [0.5, 0.6) is 17.2 Å². The molecule has 2 aliphatic rings. The molecule has 0 aliphatic carbocycles. The van der Waals surface area contributed by atoms with E-state index in [0.29, 0.717) is 31.0 Å². The number of aliphatic carboxylic acids is 1. The number of amides is 1. The van der Waals surface area contributed by atoms with Crippen molar-refractivity contribution in [3.8, 4) is 17.2 Å². The van der Waals surface area contributed by atoms with Gasteiger partial charge in [0.2, 0.25) is 12.7 Å². The van der Waals surface area contributed by atoms with Gasteiger partial charge in [0, 0.05) is 44.6 Å². The van der Waals surface area contributed by atoms with Crippen LogP contribution in [0.1, 0.15) is 69.0 Å². The number of ether oxygens (including phenoxy) is 3. The maximum absolute atomic E-state index is 13.3. The summed E-state index contributed by atoms with van der Waals surface area (Å²) in [5.41, 5.74) is 1.81. The number of benzene rings is 2. The van der Waals surface area contributed by atoms with Crippen LogP contribution in [0.4, 0.5) is 0 Å². The molecule has 1 saturated heterocycles. The Morgan fingerprint density at radius 3 is 2.29 bits per heavy atom. The highest BCUT2D eigenvalue weighted by Crippen LogP contribution is 2.47. The molecule has 0 spiro atoms. The zero-order valence-corrected chi connectivity index (χ0v) is 22.7. The van der Waals surface area contributed by atoms with Gasteiger partial charge in [-0.1, -0.05) is 44.9 Å². The smallest absolute Gasteiger partial charge is 0.309 e. The molecule has 1 fully saturated rings. The molecule has 206 valence electrons. The molecular weight excluding hydrogens is 484 g/mol. The third-order valence-corrected chi connectivity index (χ3v) is 7.69. The van der Waals surface area contributed by atoms with E-state index >= 15 is 0 Å². The second-order valence-electron chi connectivity index (χ2n) is 10.1. The molecule has 4 rings (SSSR count). The SMILES string of the molecule is CCCCN(CCCC)C(=O)CCN1C[C@@H](c2ccc3c(c2)OCO3)[C@H](C(=O)O)[C@@H]1c1ccc(OC)cc1. The van der Waals surface area contributed by atoms with E-state index in [-0.39, 0.29) is 24.7 Å². The average Bonchev–Trinajstić information content (AvgIpc) is 3.56. The van der Waals surface area contributed by atoms with Crippen LogP contribution in [0.2, 0.25) is 0 Å². The monoisotopic (exact) mass is 524 g/mol. The number of carbonyl (C=O) groups excluding carboxylic acids is 1. The van der Waals surface area contributed by atoms with E-state index in [4.69, 9.17) is 14.2 Å². The molecule has 38 heavy (non-hydrogen) atoms. The lowest BCUT2D eigenvalue weighted by atomic mass is 9.82. The molecule has 2 aromatic rings. The first-order valence-corrected chi connectivity index (χ1v) is 13.7. The number of hydrogen-bond acceptors (Lipinski definition) is 6. The van der Waals surface area contributed by atoms with Gasteiger partial charge in [-0.05, 0) is 48.2 Å². The lowest BCUT2D eigenvalue weighted by Gasteiger charge is -2.29. The summed E-state index contributed by atoms with van der Waals surface area (Å²) in [4.78, 5) is 30.2. The van der Waals surface area contributed by atoms with Gasteiger partial charge in [0.1, 0.15) is 5.75 Å². The van der Waals surface area contributed by atoms with Crippen molar-refractivity contribution in [2.75, 3.05) is 40.1 Å². The molecule has 0 saturated carbocycles. The van der Waals surface area contributed by atoms with E-state index in [0.717, 1.165) is 55.6 Å². The molecule has 0 aromatic heterocycles. The number of fused-ring (bicyclic) bond motifs is 1. The van der Waals surface area contributed by atoms with Crippen molar-refractivity contribution in [1.29, 1.82) is 0 Å². The summed E-state index contributed by atoms with van der Waals surface area (Å²) < 4.78 is 16.4. The van der Waals surface area contributed by atoms with E-state index in [9.17, 15) is 14.7 Å². The summed E-state index contributed by atoms with van der Waals surface area (Å²) in [5, 5.41) is 10.5. The predicted molar refractivity (Wildman–Crippen MR) is 145 cm³/mol. The summed E-state index contributed by atoms with van der Waals surface area (Å²) in [7, 11) is 1.61. The first kappa shape index (κ1) is 27.8. The second-order valence-corrected chi connectivity index (χ2v) is 10.1. The fourth-order valence-electron chi connectivity index (χ4n) is 5.60. The molecule has 1 N–H and O–H groups in total. The molecular formula is C30H40N2O6. The number of unbranched alkanes of at least 4 members (excludes halogenated alkanes) is 2. The Kier molecular flexibility index (Phi) is 9.50. The first-order chi connectivity index (χ1) is 18.5. The van der Waals surface area contributed by atoms with Crippen LogP contribution in [-0.2, 0) is 9.59 Å². The van der Waals surface area contributed by atoms with Crippen molar-refractivity contribution in [2.24, 2.45) is 5.92 Å². The third-order valence-electron chi connectivity index (χ3n) is 7.69. The molecule has 0 radical (unpaired) electrons. The van der Waals surface area contributed by atoms with Gasteiger partial charge in [0.15, 0.2) is 11.5 Å². The molecule has 0 unspecified atom stereocenters. The zero-order chi connectivity index (χ0) is 27.1. The van der Waals surface area contributed by atoms with E-state index in [1.807, 2.05) is 47.4 Å². The maximum Gasteiger partial charge on any atom is 0.309 e. The number of hydrogen-bond donors (Lipinski definition) is 1. The van der Waals surface area contributed by atoms with Crippen LogP contribution >= 0.6 is 0 Å². The minimum atomic E-state index is -0.852. The number of methoxy groups -OCH3 is 1. The number of nitrogens with zero attached hydrogens (tertiary/aromatic N) is 2. The standard InChI is InChI=1S/C30H40N2O6/c1-4-6-15-31(16-7-5-2)27(33)14-17-32-19-24(22-10-13-25-26(18-22)38-20-37-25)28(30(34)35)29(32)21-8-11-23(36-3)12-9-21/h8-13,18,24,28-29H,4-7,14-17,19-20H2,1-3H3,(H,34,35)/t24-,28-,29-/m0/s1. The summed E-state index contributed by atoms with van der Waals surface area (Å²) >= 11 is 0. The largest absolute Gasteiger partial charge is 0.497 e. The van der Waals surface area contributed by atoms with E-state index in [1.54, 1.807) is 7.11 Å². The molecule has 2 aliphatic heterocycles. The van der Waals surface area contributed by atoms with Gasteiger partial charge >= 0.3 is 5.97 Å². The number of likely N-dealkylation sites (tertiary alicyclic amines) is 1. The molecule has 2 aromatic carbocycles. The fourth-order valence-corrected chi connectivity index (χ4v) is 5.60. The van der Waals surface area contributed by atoms with Crippen molar-refractivity contribution >= 4 is 11.9 Å². The normalized spacial score (nSPS) is 20.4. The Morgan fingerprint density at radius 1 is 1.00 bits per heavy atom. The maximum atomic E-state index is 13.3. The average molecular weight is 525 g/mol. The van der Waals surface area contributed by atoms with Crippen molar-refractivity contribution < 1.29 is 28.9 Å². The Hall–Kier alpha value is -3.26. The van der Waals surface area contributed by atoms with Gasteiger partial charge in [-0.3, -0.25) is 14.5 Å². The Bertz CT molecular complexity index is 1080. The number of carboxylic acids is 1. The van der Waals surface area contributed by atoms with Gasteiger partial charge in [-0.25, -0.2) is 0 Å². The highest BCUT2D eigenvalue weighted by molar-refractivity contribution is 5.76. The van der Waals surface area contributed by atoms with Crippen molar-refractivity contribution in [3.63, 3.8) is 0 Å². The highest BCUT2D eigenvalue weighted by Gasteiger charge is 2.47. The Balaban J connectivity index is 1.60. The van der Waals surface area contributed by atoms with Crippen LogP contribution in [0.25, 0.3) is 0 Å². The lowest BCUT2D eigenvalue weighted by Crippen LogP contribution is -2.36. The van der Waals surface area contributed by atoms with Gasteiger partial charge in [-0.2, -0.15) is 0 Å². The van der Waals surface area contributed by atoms with Crippen LogP contribution in [0.15, 0.2) is 42.5 Å². The quantitative estimate of drug-likeness (QED) is 0.391. The van der Waals surface area contributed by atoms with Gasteiger partial charge in [-0.15, -0.1) is 0 Å². The minimum Gasteiger partial charge on any atom is -0.497 e. The number of carboxylic acid groups (broad SMARTS) is 1. The van der Waals surface area contributed by atoms with Gasteiger partial charge in [0.05, 0.1) is 13.0 Å². The van der Waals surface area contributed by atoms with E-state index in [1.165, 1.54) is 0 Å². The zero-order valence-electron chi connectivity index (χ0n) is 22.7. The summed E-state index contributed by atoms with van der Waals surface area (Å²) in [6, 6.07) is 12.9. The van der Waals surface area contributed by atoms with Crippen LogP contribution < -0.4 is 14.2 Å². The van der Waals surface area contributed by atoms with Crippen LogP contribution in [0.3, 0.4) is 0 Å². The minimum absolute atomic E-state index is 0.138. The van der Waals surface area contributed by atoms with Crippen molar-refractivity contribution in [2.45, 2.75) is 57.9 Å². The summed E-state index contributed by atoms with van der Waals surface area (Å²) in [6.45, 7) is 7.01. The number of carbonyl (C=O) groups is 2. The highest BCUT2D eigenvalue weighted by atomic mass is 16.7. The molecule has 8 nitrogen and oxygen atoms in total. The molecule has 2 heterocycles. The van der Waals surface area contributed by atoms with E-state index in [2.05, 4.69) is 18.7 Å². The summed E-state index contributed by atoms with van der Waals surface area (Å²) in [6.07, 6.45) is 4.42. The van der Waals surface area contributed by atoms with Crippen LogP contribution in [0, 0.1) is 5.92 Å². The number of rotatable bonds is 13. The topological polar surface area (TPSA) is 88.5 Å². The van der Waals surface area contributed by atoms with Crippen molar-refractivity contribution in [3.05, 3.63) is 53.6 Å². The Morgan fingerprint density at radius 2 is 1.66 bits per heavy atom. The predicted octanol–water partition coefficient (Wildman–Crippen LogP) is 5.08.